The van der Waals surface area contributed by atoms with Gasteiger partial charge < -0.3 is 9.64 Å². The second-order valence-electron chi connectivity index (χ2n) is 6.47. The largest absolute Gasteiger partial charge is 0.466 e. The number of thiazole rings is 1. The number of likely N-dealkylation sites (tertiary alicyclic amines) is 1. The van der Waals surface area contributed by atoms with Crippen LogP contribution in [-0.4, -0.2) is 41.5 Å². The van der Waals surface area contributed by atoms with Crippen LogP contribution in [0.15, 0.2) is 36.4 Å². The third kappa shape index (κ3) is 3.75. The Bertz CT molecular complexity index is 937. The molecule has 0 N–H and O–H groups in total. The highest BCUT2D eigenvalue weighted by Gasteiger charge is 2.29. The van der Waals surface area contributed by atoms with Crippen LogP contribution in [0.2, 0.25) is 0 Å². The molecule has 0 spiro atoms. The first-order valence-corrected chi connectivity index (χ1v) is 10.7. The summed E-state index contributed by atoms with van der Waals surface area (Å²) in [4.78, 5) is 32.9. The van der Waals surface area contributed by atoms with Crippen molar-refractivity contribution in [2.45, 2.75) is 19.8 Å². The van der Waals surface area contributed by atoms with Crippen molar-refractivity contribution in [2.75, 3.05) is 19.7 Å². The van der Waals surface area contributed by atoms with Crippen LogP contribution in [0.3, 0.4) is 0 Å². The molecule has 0 saturated carbocycles. The van der Waals surface area contributed by atoms with E-state index in [-0.39, 0.29) is 17.8 Å². The topological polar surface area (TPSA) is 59.5 Å². The Morgan fingerprint density at radius 3 is 2.67 bits per heavy atom. The van der Waals surface area contributed by atoms with E-state index in [2.05, 4.69) is 11.1 Å². The fourth-order valence-electron chi connectivity index (χ4n) is 3.28. The van der Waals surface area contributed by atoms with E-state index in [1.54, 1.807) is 11.3 Å². The van der Waals surface area contributed by atoms with Crippen molar-refractivity contribution >= 4 is 44.8 Å². The molecule has 0 radical (unpaired) electrons. The summed E-state index contributed by atoms with van der Waals surface area (Å²) in [5.41, 5.74) is 0.986. The lowest BCUT2D eigenvalue weighted by atomic mass is 9.97. The minimum atomic E-state index is -0.140. The molecule has 1 saturated heterocycles. The standard InChI is InChI=1S/C20H20N2O3S2/c1-2-25-20(24)13-9-11-22(12-10-13)19(23)17-8-7-16(26-17)18-21-14-5-3-4-6-15(14)27-18/h3-8,13H,2,9-12H2,1H3. The summed E-state index contributed by atoms with van der Waals surface area (Å²) < 4.78 is 6.24. The Balaban J connectivity index is 1.44. The molecule has 0 aliphatic carbocycles. The average molecular weight is 401 g/mol. The minimum absolute atomic E-state index is 0.0367. The van der Waals surface area contributed by atoms with E-state index >= 15 is 0 Å². The van der Waals surface area contributed by atoms with Crippen molar-refractivity contribution in [1.82, 2.24) is 9.88 Å². The molecule has 0 unspecified atom stereocenters. The van der Waals surface area contributed by atoms with Crippen LogP contribution in [0.5, 0.6) is 0 Å². The predicted octanol–water partition coefficient (Wildman–Crippen LogP) is 4.44. The quantitative estimate of drug-likeness (QED) is 0.608. The molecule has 3 heterocycles. The number of aromatic nitrogens is 1. The predicted molar refractivity (Wildman–Crippen MR) is 108 cm³/mol. The number of fused-ring (bicyclic) bond motifs is 1. The highest BCUT2D eigenvalue weighted by molar-refractivity contribution is 7.26. The summed E-state index contributed by atoms with van der Waals surface area (Å²) in [5.74, 6) is -0.191. The van der Waals surface area contributed by atoms with Crippen LogP contribution < -0.4 is 0 Å². The van der Waals surface area contributed by atoms with Crippen molar-refractivity contribution in [3.8, 4) is 9.88 Å². The summed E-state index contributed by atoms with van der Waals surface area (Å²) in [6, 6.07) is 11.9. The van der Waals surface area contributed by atoms with Crippen LogP contribution in [0.1, 0.15) is 29.4 Å². The molecule has 1 amide bonds. The highest BCUT2D eigenvalue weighted by Crippen LogP contribution is 2.35. The summed E-state index contributed by atoms with van der Waals surface area (Å²) in [6.45, 7) is 3.41. The van der Waals surface area contributed by atoms with E-state index in [4.69, 9.17) is 4.74 Å². The zero-order chi connectivity index (χ0) is 18.8. The van der Waals surface area contributed by atoms with E-state index in [1.165, 1.54) is 11.3 Å². The third-order valence-corrected chi connectivity index (χ3v) is 7.00. The second kappa shape index (κ2) is 7.78. The number of para-hydroxylation sites is 1. The van der Waals surface area contributed by atoms with Crippen LogP contribution >= 0.6 is 22.7 Å². The number of thiophene rings is 1. The molecule has 140 valence electrons. The Hall–Kier alpha value is -2.25. The lowest BCUT2D eigenvalue weighted by Gasteiger charge is -2.30. The molecule has 27 heavy (non-hydrogen) atoms. The fraction of sp³-hybridized carbons (Fsp3) is 0.350. The number of ether oxygens (including phenoxy) is 1. The van der Waals surface area contributed by atoms with Gasteiger partial charge in [0.05, 0.1) is 32.5 Å². The molecule has 4 rings (SSSR count). The number of amides is 1. The number of esters is 1. The monoisotopic (exact) mass is 400 g/mol. The molecule has 1 aromatic carbocycles. The molecule has 1 fully saturated rings. The van der Waals surface area contributed by atoms with Gasteiger partial charge in [0.1, 0.15) is 5.01 Å². The van der Waals surface area contributed by atoms with Gasteiger partial charge >= 0.3 is 5.97 Å². The van der Waals surface area contributed by atoms with Gasteiger partial charge in [-0.05, 0) is 44.0 Å². The maximum Gasteiger partial charge on any atom is 0.309 e. The number of hydrogen-bond acceptors (Lipinski definition) is 6. The molecule has 0 bridgehead atoms. The third-order valence-electron chi connectivity index (χ3n) is 4.72. The van der Waals surface area contributed by atoms with Gasteiger partial charge in [0, 0.05) is 13.1 Å². The number of piperidine rings is 1. The molecule has 1 aliphatic rings. The van der Waals surface area contributed by atoms with Gasteiger partial charge in [0.25, 0.3) is 5.91 Å². The summed E-state index contributed by atoms with van der Waals surface area (Å²) in [5, 5.41) is 0.946. The van der Waals surface area contributed by atoms with Crippen LogP contribution in [0.4, 0.5) is 0 Å². The Kier molecular flexibility index (Phi) is 5.22. The first-order valence-electron chi connectivity index (χ1n) is 9.07. The Morgan fingerprint density at radius 1 is 1.15 bits per heavy atom. The molecular formula is C20H20N2O3S2. The highest BCUT2D eigenvalue weighted by atomic mass is 32.1. The summed E-state index contributed by atoms with van der Waals surface area (Å²) >= 11 is 3.13. The summed E-state index contributed by atoms with van der Waals surface area (Å²) in [6.07, 6.45) is 1.33. The number of nitrogens with zero attached hydrogens (tertiary/aromatic N) is 2. The fourth-order valence-corrected chi connectivity index (χ4v) is 5.27. The number of rotatable bonds is 4. The van der Waals surface area contributed by atoms with Gasteiger partial charge in [-0.15, -0.1) is 22.7 Å². The van der Waals surface area contributed by atoms with Crippen molar-refractivity contribution in [3.05, 3.63) is 41.3 Å². The van der Waals surface area contributed by atoms with Gasteiger partial charge in [0.2, 0.25) is 0 Å². The minimum Gasteiger partial charge on any atom is -0.466 e. The molecule has 7 heteroatoms. The number of hydrogen-bond donors (Lipinski definition) is 0. The van der Waals surface area contributed by atoms with Crippen molar-refractivity contribution in [3.63, 3.8) is 0 Å². The van der Waals surface area contributed by atoms with Crippen LogP contribution in [-0.2, 0) is 9.53 Å². The van der Waals surface area contributed by atoms with Gasteiger partial charge in [0.15, 0.2) is 0 Å². The molecule has 5 nitrogen and oxygen atoms in total. The first kappa shape index (κ1) is 18.1. The maximum atomic E-state index is 12.8. The van der Waals surface area contributed by atoms with E-state index in [0.717, 1.165) is 25.0 Å². The molecule has 3 aromatic rings. The van der Waals surface area contributed by atoms with E-state index < -0.39 is 0 Å². The Morgan fingerprint density at radius 2 is 1.93 bits per heavy atom. The van der Waals surface area contributed by atoms with Gasteiger partial charge in [-0.1, -0.05) is 12.1 Å². The number of carbonyl (C=O) groups is 2. The van der Waals surface area contributed by atoms with Gasteiger partial charge in [-0.25, -0.2) is 4.98 Å². The first-order chi connectivity index (χ1) is 13.2. The lowest BCUT2D eigenvalue weighted by molar-refractivity contribution is -0.149. The number of carbonyl (C=O) groups excluding carboxylic acids is 2. The smallest absolute Gasteiger partial charge is 0.309 e. The van der Waals surface area contributed by atoms with Gasteiger partial charge in [-0.3, -0.25) is 9.59 Å². The Labute approximate surface area is 165 Å². The van der Waals surface area contributed by atoms with Crippen LogP contribution in [0.25, 0.3) is 20.1 Å². The average Bonchev–Trinajstić information content (AvgIpc) is 3.34. The maximum absolute atomic E-state index is 12.8. The van der Waals surface area contributed by atoms with E-state index in [0.29, 0.717) is 32.5 Å². The van der Waals surface area contributed by atoms with Gasteiger partial charge in [-0.2, -0.15) is 0 Å². The van der Waals surface area contributed by atoms with E-state index in [1.807, 2.05) is 42.2 Å². The molecule has 0 atom stereocenters. The normalized spacial score (nSPS) is 15.2. The van der Waals surface area contributed by atoms with Crippen molar-refractivity contribution in [1.29, 1.82) is 0 Å². The second-order valence-corrected chi connectivity index (χ2v) is 8.58. The SMILES string of the molecule is CCOC(=O)C1CCN(C(=O)c2ccc(-c3nc4ccccc4s3)s2)CC1. The van der Waals surface area contributed by atoms with E-state index in [9.17, 15) is 9.59 Å². The van der Waals surface area contributed by atoms with Crippen molar-refractivity contribution < 1.29 is 14.3 Å². The zero-order valence-electron chi connectivity index (χ0n) is 15.0. The molecule has 2 aromatic heterocycles. The summed E-state index contributed by atoms with van der Waals surface area (Å²) in [7, 11) is 0. The van der Waals surface area contributed by atoms with Crippen LogP contribution in [0, 0.1) is 5.92 Å². The number of benzene rings is 1. The lowest BCUT2D eigenvalue weighted by Crippen LogP contribution is -2.40. The molecular weight excluding hydrogens is 380 g/mol. The molecule has 1 aliphatic heterocycles. The zero-order valence-corrected chi connectivity index (χ0v) is 16.6. The van der Waals surface area contributed by atoms with Crippen molar-refractivity contribution in [2.24, 2.45) is 5.92 Å².